The van der Waals surface area contributed by atoms with Crippen LogP contribution in [-0.4, -0.2) is 35.4 Å². The van der Waals surface area contributed by atoms with E-state index in [9.17, 15) is 0 Å². The standard InChI is InChI=1S/C22H19N3O3/c1-26-19-7-4-16(12-20(19)27-2)22-24-23-21-8-5-17(13-25(21)22)14-3-6-18-15(11-14)9-10-28-18/h3-8,11-13H,9-10H2,1-2H3. The lowest BCUT2D eigenvalue weighted by Crippen LogP contribution is -1.94. The topological polar surface area (TPSA) is 57.9 Å². The van der Waals surface area contributed by atoms with Gasteiger partial charge in [-0.3, -0.25) is 4.40 Å². The van der Waals surface area contributed by atoms with Crippen LogP contribution >= 0.6 is 0 Å². The van der Waals surface area contributed by atoms with Gasteiger partial charge in [-0.2, -0.15) is 0 Å². The quantitative estimate of drug-likeness (QED) is 0.541. The monoisotopic (exact) mass is 373 g/mol. The highest BCUT2D eigenvalue weighted by atomic mass is 16.5. The molecule has 28 heavy (non-hydrogen) atoms. The smallest absolute Gasteiger partial charge is 0.168 e. The summed E-state index contributed by atoms with van der Waals surface area (Å²) >= 11 is 0. The Labute approximate surface area is 162 Å². The molecule has 0 aliphatic carbocycles. The molecule has 0 saturated heterocycles. The zero-order chi connectivity index (χ0) is 19.1. The molecule has 5 rings (SSSR count). The summed E-state index contributed by atoms with van der Waals surface area (Å²) in [5.41, 5.74) is 5.20. The van der Waals surface area contributed by atoms with Crippen molar-refractivity contribution in [1.29, 1.82) is 0 Å². The zero-order valence-electron chi connectivity index (χ0n) is 15.7. The van der Waals surface area contributed by atoms with Gasteiger partial charge in [0.25, 0.3) is 0 Å². The van der Waals surface area contributed by atoms with Crippen LogP contribution in [0.2, 0.25) is 0 Å². The Morgan fingerprint density at radius 1 is 0.857 bits per heavy atom. The third kappa shape index (κ3) is 2.65. The number of nitrogens with zero attached hydrogens (tertiary/aromatic N) is 3. The van der Waals surface area contributed by atoms with E-state index in [0.717, 1.165) is 46.9 Å². The van der Waals surface area contributed by atoms with Gasteiger partial charge in [0.1, 0.15) is 5.75 Å². The van der Waals surface area contributed by atoms with Gasteiger partial charge in [-0.25, -0.2) is 0 Å². The predicted molar refractivity (Wildman–Crippen MR) is 106 cm³/mol. The molecule has 4 aromatic rings. The first-order valence-electron chi connectivity index (χ1n) is 9.10. The van der Waals surface area contributed by atoms with Crippen molar-refractivity contribution in [3.8, 4) is 39.8 Å². The number of benzene rings is 2. The molecule has 1 aliphatic heterocycles. The SMILES string of the molecule is COc1ccc(-c2nnc3ccc(-c4ccc5c(c4)CCO5)cn23)cc1OC. The van der Waals surface area contributed by atoms with E-state index in [1.54, 1.807) is 14.2 Å². The fourth-order valence-corrected chi connectivity index (χ4v) is 3.60. The second kappa shape index (κ2) is 6.56. The molecule has 0 atom stereocenters. The van der Waals surface area contributed by atoms with E-state index in [2.05, 4.69) is 34.6 Å². The molecule has 0 amide bonds. The van der Waals surface area contributed by atoms with Crippen molar-refractivity contribution in [3.63, 3.8) is 0 Å². The van der Waals surface area contributed by atoms with Gasteiger partial charge >= 0.3 is 0 Å². The third-order valence-electron chi connectivity index (χ3n) is 5.07. The number of methoxy groups -OCH3 is 2. The second-order valence-electron chi connectivity index (χ2n) is 6.66. The van der Waals surface area contributed by atoms with Gasteiger partial charge in [0.2, 0.25) is 0 Å². The molecular formula is C22H19N3O3. The number of ether oxygens (including phenoxy) is 3. The first-order chi connectivity index (χ1) is 13.8. The van der Waals surface area contributed by atoms with Crippen LogP contribution in [0.3, 0.4) is 0 Å². The maximum absolute atomic E-state index is 5.62. The molecule has 0 bridgehead atoms. The van der Waals surface area contributed by atoms with E-state index in [1.165, 1.54) is 5.56 Å². The number of fused-ring (bicyclic) bond motifs is 2. The number of rotatable bonds is 4. The molecule has 1 aliphatic rings. The summed E-state index contributed by atoms with van der Waals surface area (Å²) in [6, 6.07) is 16.1. The van der Waals surface area contributed by atoms with Crippen LogP contribution in [0.15, 0.2) is 54.7 Å². The Hall–Kier alpha value is -3.54. The Bertz CT molecular complexity index is 1180. The van der Waals surface area contributed by atoms with E-state index in [4.69, 9.17) is 14.2 Å². The maximum Gasteiger partial charge on any atom is 0.168 e. The van der Waals surface area contributed by atoms with Crippen molar-refractivity contribution in [3.05, 3.63) is 60.3 Å². The Morgan fingerprint density at radius 2 is 1.68 bits per heavy atom. The lowest BCUT2D eigenvalue weighted by atomic mass is 10.0. The van der Waals surface area contributed by atoms with Crippen molar-refractivity contribution >= 4 is 5.65 Å². The van der Waals surface area contributed by atoms with Crippen molar-refractivity contribution < 1.29 is 14.2 Å². The molecule has 0 N–H and O–H groups in total. The van der Waals surface area contributed by atoms with Crippen LogP contribution in [-0.2, 0) is 6.42 Å². The molecule has 0 fully saturated rings. The normalized spacial score (nSPS) is 12.6. The summed E-state index contributed by atoms with van der Waals surface area (Å²) in [4.78, 5) is 0. The molecule has 0 spiro atoms. The average molecular weight is 373 g/mol. The van der Waals surface area contributed by atoms with E-state index < -0.39 is 0 Å². The molecule has 140 valence electrons. The Balaban J connectivity index is 1.61. The highest BCUT2D eigenvalue weighted by molar-refractivity contribution is 5.70. The summed E-state index contributed by atoms with van der Waals surface area (Å²) in [6.45, 7) is 0.757. The molecule has 6 nitrogen and oxygen atoms in total. The fourth-order valence-electron chi connectivity index (χ4n) is 3.60. The minimum atomic E-state index is 0.659. The first-order valence-corrected chi connectivity index (χ1v) is 9.10. The lowest BCUT2D eigenvalue weighted by Gasteiger charge is -2.09. The van der Waals surface area contributed by atoms with Crippen LogP contribution in [0.5, 0.6) is 17.2 Å². The molecule has 0 radical (unpaired) electrons. The Kier molecular flexibility index (Phi) is 3.90. The highest BCUT2D eigenvalue weighted by Crippen LogP contribution is 2.33. The zero-order valence-corrected chi connectivity index (χ0v) is 15.7. The van der Waals surface area contributed by atoms with Gasteiger partial charge in [0.05, 0.1) is 20.8 Å². The van der Waals surface area contributed by atoms with E-state index in [-0.39, 0.29) is 0 Å². The van der Waals surface area contributed by atoms with Crippen LogP contribution < -0.4 is 14.2 Å². The van der Waals surface area contributed by atoms with Crippen LogP contribution in [0, 0.1) is 0 Å². The van der Waals surface area contributed by atoms with Crippen LogP contribution in [0.1, 0.15) is 5.56 Å². The lowest BCUT2D eigenvalue weighted by molar-refractivity contribution is 0.355. The second-order valence-corrected chi connectivity index (χ2v) is 6.66. The minimum absolute atomic E-state index is 0.659. The van der Waals surface area contributed by atoms with Crippen molar-refractivity contribution in [2.24, 2.45) is 0 Å². The summed E-state index contributed by atoms with van der Waals surface area (Å²) in [5.74, 6) is 3.08. The summed E-state index contributed by atoms with van der Waals surface area (Å²) in [5, 5.41) is 8.69. The van der Waals surface area contributed by atoms with Gasteiger partial charge in [-0.1, -0.05) is 6.07 Å². The first kappa shape index (κ1) is 16.6. The average Bonchev–Trinajstić information content (AvgIpc) is 3.38. The van der Waals surface area contributed by atoms with Gasteiger partial charge in [-0.15, -0.1) is 10.2 Å². The van der Waals surface area contributed by atoms with Crippen molar-refractivity contribution in [1.82, 2.24) is 14.6 Å². The summed E-state index contributed by atoms with van der Waals surface area (Å²) < 4.78 is 18.4. The Morgan fingerprint density at radius 3 is 2.54 bits per heavy atom. The van der Waals surface area contributed by atoms with E-state index in [0.29, 0.717) is 11.5 Å². The molecular weight excluding hydrogens is 354 g/mol. The molecule has 3 heterocycles. The molecule has 6 heteroatoms. The highest BCUT2D eigenvalue weighted by Gasteiger charge is 2.15. The third-order valence-corrected chi connectivity index (χ3v) is 5.07. The number of hydrogen-bond acceptors (Lipinski definition) is 5. The van der Waals surface area contributed by atoms with Gasteiger partial charge in [-0.05, 0) is 59.2 Å². The number of hydrogen-bond donors (Lipinski definition) is 0. The maximum atomic E-state index is 5.62. The van der Waals surface area contributed by atoms with Crippen LogP contribution in [0.4, 0.5) is 0 Å². The molecule has 2 aromatic heterocycles. The van der Waals surface area contributed by atoms with Gasteiger partial charge in [0, 0.05) is 18.2 Å². The molecule has 0 unspecified atom stereocenters. The van der Waals surface area contributed by atoms with Gasteiger partial charge in [0.15, 0.2) is 23.0 Å². The van der Waals surface area contributed by atoms with Crippen LogP contribution in [0.25, 0.3) is 28.2 Å². The summed E-state index contributed by atoms with van der Waals surface area (Å²) in [7, 11) is 3.25. The largest absolute Gasteiger partial charge is 0.493 e. The number of aromatic nitrogens is 3. The fraction of sp³-hybridized carbons (Fsp3) is 0.182. The van der Waals surface area contributed by atoms with E-state index >= 15 is 0 Å². The van der Waals surface area contributed by atoms with E-state index in [1.807, 2.05) is 34.7 Å². The number of pyridine rings is 1. The molecule has 0 saturated carbocycles. The van der Waals surface area contributed by atoms with Gasteiger partial charge < -0.3 is 14.2 Å². The predicted octanol–water partition coefficient (Wildman–Crippen LogP) is 4.02. The molecule has 2 aromatic carbocycles. The van der Waals surface area contributed by atoms with Crippen molar-refractivity contribution in [2.75, 3.05) is 20.8 Å². The summed E-state index contributed by atoms with van der Waals surface area (Å²) in [6.07, 6.45) is 3.02. The van der Waals surface area contributed by atoms with Crippen molar-refractivity contribution in [2.45, 2.75) is 6.42 Å². The minimum Gasteiger partial charge on any atom is -0.493 e.